The molecule has 0 fully saturated rings. The first-order chi connectivity index (χ1) is 12.1. The predicted octanol–water partition coefficient (Wildman–Crippen LogP) is 3.74. The summed E-state index contributed by atoms with van der Waals surface area (Å²) in [5.74, 6) is 0.964. The van der Waals surface area contributed by atoms with E-state index in [0.717, 1.165) is 15.9 Å². The number of fused-ring (bicyclic) bond motifs is 1. The standard InChI is InChI=1S/C19H19ClN2O3/c1-24-17-7-6-13(12-18(17)25-2)19(23)21-9-11-22-10-8-14-15(20)4-3-5-16(14)22/h3-8,10,12H,9,11H2,1-2H3,(H,21,23). The minimum absolute atomic E-state index is 0.157. The Hall–Kier alpha value is -2.66. The summed E-state index contributed by atoms with van der Waals surface area (Å²) >= 11 is 6.18. The zero-order valence-electron chi connectivity index (χ0n) is 14.1. The Morgan fingerprint density at radius 3 is 2.68 bits per heavy atom. The average molecular weight is 359 g/mol. The molecule has 0 bridgehead atoms. The van der Waals surface area contributed by atoms with Crippen molar-refractivity contribution in [2.45, 2.75) is 6.54 Å². The van der Waals surface area contributed by atoms with Gasteiger partial charge in [-0.1, -0.05) is 17.7 Å². The lowest BCUT2D eigenvalue weighted by atomic mass is 10.2. The van der Waals surface area contributed by atoms with Crippen LogP contribution >= 0.6 is 11.6 Å². The van der Waals surface area contributed by atoms with Crippen LogP contribution in [-0.4, -0.2) is 31.2 Å². The van der Waals surface area contributed by atoms with E-state index >= 15 is 0 Å². The van der Waals surface area contributed by atoms with Crippen molar-refractivity contribution in [1.29, 1.82) is 0 Å². The maximum absolute atomic E-state index is 12.3. The second kappa shape index (κ2) is 7.49. The minimum atomic E-state index is -0.157. The molecule has 0 saturated carbocycles. The molecule has 0 unspecified atom stereocenters. The van der Waals surface area contributed by atoms with Crippen LogP contribution in [0.5, 0.6) is 11.5 Å². The van der Waals surface area contributed by atoms with E-state index in [4.69, 9.17) is 21.1 Å². The van der Waals surface area contributed by atoms with Gasteiger partial charge in [0, 0.05) is 40.8 Å². The maximum Gasteiger partial charge on any atom is 0.251 e. The summed E-state index contributed by atoms with van der Waals surface area (Å²) in [6.45, 7) is 1.16. The molecular weight excluding hydrogens is 340 g/mol. The van der Waals surface area contributed by atoms with Crippen LogP contribution < -0.4 is 14.8 Å². The van der Waals surface area contributed by atoms with Gasteiger partial charge in [0.15, 0.2) is 11.5 Å². The van der Waals surface area contributed by atoms with Gasteiger partial charge in [0.25, 0.3) is 5.91 Å². The highest BCUT2D eigenvalue weighted by atomic mass is 35.5. The summed E-state index contributed by atoms with van der Waals surface area (Å²) in [5.41, 5.74) is 1.57. The Morgan fingerprint density at radius 2 is 1.92 bits per heavy atom. The van der Waals surface area contributed by atoms with Crippen molar-refractivity contribution < 1.29 is 14.3 Å². The van der Waals surface area contributed by atoms with Gasteiger partial charge in [0.05, 0.1) is 14.2 Å². The highest BCUT2D eigenvalue weighted by Crippen LogP contribution is 2.27. The number of nitrogens with zero attached hydrogens (tertiary/aromatic N) is 1. The second-order valence-electron chi connectivity index (χ2n) is 5.51. The Kier molecular flexibility index (Phi) is 5.14. The number of carbonyl (C=O) groups excluding carboxylic acids is 1. The normalized spacial score (nSPS) is 10.7. The van der Waals surface area contributed by atoms with E-state index in [1.54, 1.807) is 32.4 Å². The fraction of sp³-hybridized carbons (Fsp3) is 0.211. The summed E-state index contributed by atoms with van der Waals surface area (Å²) in [4.78, 5) is 12.3. The molecule has 130 valence electrons. The van der Waals surface area contributed by atoms with E-state index in [9.17, 15) is 4.79 Å². The van der Waals surface area contributed by atoms with E-state index in [1.807, 2.05) is 30.5 Å². The lowest BCUT2D eigenvalue weighted by molar-refractivity contribution is 0.0952. The number of methoxy groups -OCH3 is 2. The molecule has 0 spiro atoms. The van der Waals surface area contributed by atoms with Crippen molar-refractivity contribution >= 4 is 28.4 Å². The second-order valence-corrected chi connectivity index (χ2v) is 5.91. The summed E-state index contributed by atoms with van der Waals surface area (Å²) in [5, 5.41) is 4.65. The Balaban J connectivity index is 1.65. The molecule has 0 atom stereocenters. The molecule has 0 radical (unpaired) electrons. The summed E-state index contributed by atoms with van der Waals surface area (Å²) in [7, 11) is 3.10. The van der Waals surface area contributed by atoms with Crippen molar-refractivity contribution in [3.05, 3.63) is 59.2 Å². The third kappa shape index (κ3) is 3.56. The van der Waals surface area contributed by atoms with Gasteiger partial charge in [0.2, 0.25) is 0 Å². The summed E-state index contributed by atoms with van der Waals surface area (Å²) in [6, 6.07) is 12.9. The predicted molar refractivity (Wildman–Crippen MR) is 98.8 cm³/mol. The number of hydrogen-bond acceptors (Lipinski definition) is 3. The molecule has 5 nitrogen and oxygen atoms in total. The molecule has 1 heterocycles. The van der Waals surface area contributed by atoms with Gasteiger partial charge in [-0.25, -0.2) is 0 Å². The quantitative estimate of drug-likeness (QED) is 0.730. The van der Waals surface area contributed by atoms with Crippen LogP contribution in [0.4, 0.5) is 0 Å². The number of ether oxygens (including phenoxy) is 2. The summed E-state index contributed by atoms with van der Waals surface area (Å²) < 4.78 is 12.5. The third-order valence-electron chi connectivity index (χ3n) is 4.04. The number of nitrogens with one attached hydrogen (secondary N) is 1. The topological polar surface area (TPSA) is 52.5 Å². The molecule has 3 aromatic rings. The van der Waals surface area contributed by atoms with Crippen LogP contribution in [0.3, 0.4) is 0 Å². The fourth-order valence-corrected chi connectivity index (χ4v) is 2.98. The molecule has 2 aromatic carbocycles. The van der Waals surface area contributed by atoms with Gasteiger partial charge < -0.3 is 19.4 Å². The number of benzene rings is 2. The largest absolute Gasteiger partial charge is 0.493 e. The van der Waals surface area contributed by atoms with E-state index in [2.05, 4.69) is 9.88 Å². The molecule has 0 aliphatic rings. The van der Waals surface area contributed by atoms with Crippen molar-refractivity contribution in [1.82, 2.24) is 9.88 Å². The first-order valence-corrected chi connectivity index (χ1v) is 8.25. The van der Waals surface area contributed by atoms with Crippen molar-refractivity contribution in [2.24, 2.45) is 0 Å². The van der Waals surface area contributed by atoms with Gasteiger partial charge in [-0.15, -0.1) is 0 Å². The van der Waals surface area contributed by atoms with Gasteiger partial charge in [-0.3, -0.25) is 4.79 Å². The smallest absolute Gasteiger partial charge is 0.251 e. The van der Waals surface area contributed by atoms with Crippen molar-refractivity contribution in [3.63, 3.8) is 0 Å². The van der Waals surface area contributed by atoms with Crippen LogP contribution in [-0.2, 0) is 6.54 Å². The van der Waals surface area contributed by atoms with Crippen molar-refractivity contribution in [3.8, 4) is 11.5 Å². The minimum Gasteiger partial charge on any atom is -0.493 e. The lowest BCUT2D eigenvalue weighted by Gasteiger charge is -2.11. The van der Waals surface area contributed by atoms with Crippen LogP contribution in [0.2, 0.25) is 5.02 Å². The number of aromatic nitrogens is 1. The third-order valence-corrected chi connectivity index (χ3v) is 4.37. The van der Waals surface area contributed by atoms with Gasteiger partial charge >= 0.3 is 0 Å². The van der Waals surface area contributed by atoms with Gasteiger partial charge in [-0.2, -0.15) is 0 Å². The zero-order valence-corrected chi connectivity index (χ0v) is 14.8. The number of hydrogen-bond donors (Lipinski definition) is 1. The van der Waals surface area contributed by atoms with Crippen LogP contribution in [0.25, 0.3) is 10.9 Å². The zero-order chi connectivity index (χ0) is 17.8. The van der Waals surface area contributed by atoms with E-state index in [0.29, 0.717) is 30.2 Å². The van der Waals surface area contributed by atoms with E-state index in [-0.39, 0.29) is 5.91 Å². The first-order valence-electron chi connectivity index (χ1n) is 7.87. The van der Waals surface area contributed by atoms with Gasteiger partial charge in [-0.05, 0) is 36.4 Å². The lowest BCUT2D eigenvalue weighted by Crippen LogP contribution is -2.27. The molecule has 1 amide bonds. The monoisotopic (exact) mass is 358 g/mol. The Morgan fingerprint density at radius 1 is 1.12 bits per heavy atom. The molecular formula is C19H19ClN2O3. The molecule has 0 saturated heterocycles. The Labute approximate surface area is 151 Å². The number of halogens is 1. The molecule has 25 heavy (non-hydrogen) atoms. The van der Waals surface area contributed by atoms with Gasteiger partial charge in [0.1, 0.15) is 0 Å². The molecule has 3 rings (SSSR count). The molecule has 1 aromatic heterocycles. The first kappa shape index (κ1) is 17.2. The van der Waals surface area contributed by atoms with Crippen molar-refractivity contribution in [2.75, 3.05) is 20.8 Å². The van der Waals surface area contributed by atoms with Crippen LogP contribution in [0, 0.1) is 0 Å². The number of carbonyl (C=O) groups is 1. The average Bonchev–Trinajstić information content (AvgIpc) is 3.05. The molecule has 0 aliphatic heterocycles. The SMILES string of the molecule is COc1ccc(C(=O)NCCn2ccc3c(Cl)cccc32)cc1OC. The molecule has 6 heteroatoms. The van der Waals surface area contributed by atoms with Crippen LogP contribution in [0.15, 0.2) is 48.7 Å². The molecule has 1 N–H and O–H groups in total. The Bertz CT molecular complexity index is 905. The van der Waals surface area contributed by atoms with E-state index in [1.165, 1.54) is 0 Å². The molecule has 0 aliphatic carbocycles. The summed E-state index contributed by atoms with van der Waals surface area (Å²) in [6.07, 6.45) is 1.97. The van der Waals surface area contributed by atoms with Crippen LogP contribution in [0.1, 0.15) is 10.4 Å². The maximum atomic E-state index is 12.3. The number of rotatable bonds is 6. The van der Waals surface area contributed by atoms with E-state index < -0.39 is 0 Å². The fourth-order valence-electron chi connectivity index (χ4n) is 2.75. The highest BCUT2D eigenvalue weighted by Gasteiger charge is 2.10. The number of amides is 1. The highest BCUT2D eigenvalue weighted by molar-refractivity contribution is 6.35.